The minimum atomic E-state index is -1.22. The Morgan fingerprint density at radius 2 is 1.04 bits per heavy atom. The standard InChI is InChI=1S/C16H35NO6/c1-3-5-7-13(20)15(22)11(9-18)17-12(10-19)16(23)14(21)8-6-4-2/h11-23H,3-10H2,1-2H3/t11-,12-,13+,14+,15-,16-/m0/s1. The highest BCUT2D eigenvalue weighted by Gasteiger charge is 2.32. The van der Waals surface area contributed by atoms with Gasteiger partial charge in [0.25, 0.3) is 0 Å². The van der Waals surface area contributed by atoms with E-state index in [1.807, 2.05) is 13.8 Å². The summed E-state index contributed by atoms with van der Waals surface area (Å²) in [6, 6.07) is -1.79. The van der Waals surface area contributed by atoms with Crippen LogP contribution >= 0.6 is 0 Å². The van der Waals surface area contributed by atoms with Gasteiger partial charge in [-0.1, -0.05) is 39.5 Å². The average molecular weight is 337 g/mol. The van der Waals surface area contributed by atoms with Crippen LogP contribution in [-0.2, 0) is 0 Å². The van der Waals surface area contributed by atoms with Crippen molar-refractivity contribution in [1.29, 1.82) is 0 Å². The third kappa shape index (κ3) is 8.39. The zero-order valence-corrected chi connectivity index (χ0v) is 14.3. The Morgan fingerprint density at radius 3 is 1.30 bits per heavy atom. The number of unbranched alkanes of at least 4 members (excludes halogenated alkanes) is 2. The van der Waals surface area contributed by atoms with Crippen LogP contribution in [0.4, 0.5) is 0 Å². The van der Waals surface area contributed by atoms with Crippen LogP contribution in [0, 0.1) is 0 Å². The predicted molar refractivity (Wildman–Crippen MR) is 88.0 cm³/mol. The molecule has 0 aliphatic carbocycles. The van der Waals surface area contributed by atoms with Gasteiger partial charge in [-0.3, -0.25) is 0 Å². The van der Waals surface area contributed by atoms with E-state index in [-0.39, 0.29) is 0 Å². The van der Waals surface area contributed by atoms with E-state index in [1.165, 1.54) is 0 Å². The molecule has 0 aromatic carbocycles. The smallest absolute Gasteiger partial charge is 0.0974 e. The van der Waals surface area contributed by atoms with Crippen molar-refractivity contribution in [1.82, 2.24) is 5.32 Å². The van der Waals surface area contributed by atoms with Crippen LogP contribution in [0.15, 0.2) is 0 Å². The predicted octanol–water partition coefficient (Wildman–Crippen LogP) is -0.878. The molecule has 7 heteroatoms. The van der Waals surface area contributed by atoms with Crippen molar-refractivity contribution in [3.8, 4) is 0 Å². The Hall–Kier alpha value is -0.280. The van der Waals surface area contributed by atoms with Gasteiger partial charge in [0.1, 0.15) is 0 Å². The van der Waals surface area contributed by atoms with E-state index in [4.69, 9.17) is 0 Å². The van der Waals surface area contributed by atoms with Crippen LogP contribution in [0.2, 0.25) is 0 Å². The number of hydrogen-bond acceptors (Lipinski definition) is 7. The third-order valence-corrected chi connectivity index (χ3v) is 4.14. The minimum absolute atomic E-state index is 0.404. The normalized spacial score (nSPS) is 19.8. The van der Waals surface area contributed by atoms with Gasteiger partial charge in [-0.05, 0) is 12.8 Å². The second kappa shape index (κ2) is 13.1. The molecule has 7 nitrogen and oxygen atoms in total. The second-order valence-corrected chi connectivity index (χ2v) is 6.15. The first-order valence-electron chi connectivity index (χ1n) is 8.62. The van der Waals surface area contributed by atoms with Gasteiger partial charge in [0.2, 0.25) is 0 Å². The van der Waals surface area contributed by atoms with Crippen LogP contribution in [0.5, 0.6) is 0 Å². The van der Waals surface area contributed by atoms with Crippen molar-refractivity contribution < 1.29 is 30.6 Å². The first-order chi connectivity index (χ1) is 10.9. The lowest BCUT2D eigenvalue weighted by molar-refractivity contribution is -0.0512. The van der Waals surface area contributed by atoms with Gasteiger partial charge in [0, 0.05) is 0 Å². The van der Waals surface area contributed by atoms with Crippen molar-refractivity contribution in [3.05, 3.63) is 0 Å². The lowest BCUT2D eigenvalue weighted by Gasteiger charge is -2.33. The molecule has 0 aliphatic heterocycles. The topological polar surface area (TPSA) is 133 Å². The van der Waals surface area contributed by atoms with E-state index in [1.54, 1.807) is 0 Å². The summed E-state index contributed by atoms with van der Waals surface area (Å²) >= 11 is 0. The molecule has 0 aliphatic rings. The number of nitrogens with one attached hydrogen (secondary N) is 1. The van der Waals surface area contributed by atoms with Gasteiger partial charge in [0.15, 0.2) is 0 Å². The Kier molecular flexibility index (Phi) is 12.9. The number of rotatable bonds is 14. The summed E-state index contributed by atoms with van der Waals surface area (Å²) in [6.45, 7) is 3.02. The Labute approximate surface area is 139 Å². The molecule has 140 valence electrons. The molecule has 0 saturated heterocycles. The van der Waals surface area contributed by atoms with Crippen LogP contribution in [0.25, 0.3) is 0 Å². The van der Waals surface area contributed by atoms with Gasteiger partial charge in [0.05, 0.1) is 49.7 Å². The molecule has 0 bridgehead atoms. The van der Waals surface area contributed by atoms with Gasteiger partial charge < -0.3 is 36.0 Å². The third-order valence-electron chi connectivity index (χ3n) is 4.14. The highest BCUT2D eigenvalue weighted by atomic mass is 16.3. The van der Waals surface area contributed by atoms with Gasteiger partial charge in [-0.15, -0.1) is 0 Å². The fraction of sp³-hybridized carbons (Fsp3) is 1.00. The molecule has 23 heavy (non-hydrogen) atoms. The highest BCUT2D eigenvalue weighted by molar-refractivity contribution is 4.88. The molecule has 0 rings (SSSR count). The number of aliphatic hydroxyl groups excluding tert-OH is 6. The zero-order valence-electron chi connectivity index (χ0n) is 14.3. The highest BCUT2D eigenvalue weighted by Crippen LogP contribution is 2.12. The Morgan fingerprint density at radius 1 is 0.696 bits per heavy atom. The maximum atomic E-state index is 10.1. The number of aliphatic hydroxyl groups is 6. The van der Waals surface area contributed by atoms with Gasteiger partial charge in [-0.2, -0.15) is 0 Å². The van der Waals surface area contributed by atoms with Crippen LogP contribution < -0.4 is 5.32 Å². The van der Waals surface area contributed by atoms with Gasteiger partial charge in [-0.25, -0.2) is 0 Å². The summed E-state index contributed by atoms with van der Waals surface area (Å²) in [5, 5.41) is 61.7. The van der Waals surface area contributed by atoms with Crippen LogP contribution in [0.1, 0.15) is 52.4 Å². The van der Waals surface area contributed by atoms with E-state index < -0.39 is 49.7 Å². The first-order valence-corrected chi connectivity index (χ1v) is 8.62. The molecule has 0 aromatic rings. The van der Waals surface area contributed by atoms with Crippen molar-refractivity contribution >= 4 is 0 Å². The maximum absolute atomic E-state index is 10.1. The molecular weight excluding hydrogens is 302 g/mol. The summed E-state index contributed by atoms with van der Waals surface area (Å²) in [5.74, 6) is 0. The molecule has 6 atom stereocenters. The van der Waals surface area contributed by atoms with Gasteiger partial charge >= 0.3 is 0 Å². The van der Waals surface area contributed by atoms with E-state index in [2.05, 4.69) is 5.32 Å². The lowest BCUT2D eigenvalue weighted by Crippen LogP contribution is -2.58. The van der Waals surface area contributed by atoms with Crippen molar-refractivity contribution in [2.75, 3.05) is 13.2 Å². The van der Waals surface area contributed by atoms with E-state index >= 15 is 0 Å². The average Bonchev–Trinajstić information content (AvgIpc) is 2.57. The Bertz CT molecular complexity index is 255. The summed E-state index contributed by atoms with van der Waals surface area (Å²) in [4.78, 5) is 0. The van der Waals surface area contributed by atoms with Crippen LogP contribution in [0.3, 0.4) is 0 Å². The molecule has 0 fully saturated rings. The number of hydrogen-bond donors (Lipinski definition) is 7. The summed E-state index contributed by atoms with van der Waals surface area (Å²) < 4.78 is 0. The molecule has 0 amide bonds. The molecule has 0 unspecified atom stereocenters. The summed E-state index contributed by atoms with van der Waals surface area (Å²) in [5.41, 5.74) is 0. The molecule has 0 aromatic heterocycles. The SMILES string of the molecule is CCCC[C@@H](O)[C@@H](O)[C@H](CO)N[C@@H](CO)[C@H](O)[C@H](O)CCCC. The zero-order chi connectivity index (χ0) is 17.8. The van der Waals surface area contributed by atoms with E-state index in [9.17, 15) is 30.6 Å². The molecule has 0 spiro atoms. The summed E-state index contributed by atoms with van der Waals surface area (Å²) in [7, 11) is 0. The fourth-order valence-corrected chi connectivity index (χ4v) is 2.50. The molecule has 0 radical (unpaired) electrons. The largest absolute Gasteiger partial charge is 0.395 e. The minimum Gasteiger partial charge on any atom is -0.395 e. The fourth-order valence-electron chi connectivity index (χ4n) is 2.50. The molecular formula is C16H35NO6. The van der Waals surface area contributed by atoms with E-state index in [0.29, 0.717) is 12.8 Å². The molecule has 0 saturated carbocycles. The summed E-state index contributed by atoms with van der Waals surface area (Å²) in [6.07, 6.45) is -0.382. The van der Waals surface area contributed by atoms with Crippen molar-refractivity contribution in [2.24, 2.45) is 0 Å². The van der Waals surface area contributed by atoms with Crippen molar-refractivity contribution in [3.63, 3.8) is 0 Å². The first kappa shape index (κ1) is 22.7. The molecule has 7 N–H and O–H groups in total. The quantitative estimate of drug-likeness (QED) is 0.219. The van der Waals surface area contributed by atoms with E-state index in [0.717, 1.165) is 25.7 Å². The monoisotopic (exact) mass is 337 g/mol. The van der Waals surface area contributed by atoms with Crippen molar-refractivity contribution in [2.45, 2.75) is 88.9 Å². The lowest BCUT2D eigenvalue weighted by atomic mass is 9.97. The second-order valence-electron chi connectivity index (χ2n) is 6.15. The Balaban J connectivity index is 4.64. The maximum Gasteiger partial charge on any atom is 0.0974 e. The van der Waals surface area contributed by atoms with Crippen LogP contribution in [-0.4, -0.2) is 80.4 Å². The molecule has 0 heterocycles.